The van der Waals surface area contributed by atoms with Crippen LogP contribution in [0.4, 0.5) is 5.82 Å². The molecule has 0 amide bonds. The van der Waals surface area contributed by atoms with Crippen molar-refractivity contribution in [1.29, 1.82) is 0 Å². The van der Waals surface area contributed by atoms with Crippen molar-refractivity contribution in [2.24, 2.45) is 5.92 Å². The van der Waals surface area contributed by atoms with Crippen molar-refractivity contribution in [2.75, 3.05) is 18.8 Å². The zero-order valence-corrected chi connectivity index (χ0v) is 13.7. The van der Waals surface area contributed by atoms with E-state index in [1.54, 1.807) is 0 Å². The molecule has 2 aliphatic rings. The predicted molar refractivity (Wildman–Crippen MR) is 91.6 cm³/mol. The van der Waals surface area contributed by atoms with E-state index in [2.05, 4.69) is 23.3 Å². The third-order valence-electron chi connectivity index (χ3n) is 4.98. The summed E-state index contributed by atoms with van der Waals surface area (Å²) in [6, 6.07) is 0. The standard InChI is InChI=1S/C18H28N4/c1-2-3-4-16-21-17-14(7-8-15(17)18(19)22-16)6-5-13-9-11-20-12-10-13/h7,13,20H,2-6,8-12H2,1H3,(H2,19,21,22). The van der Waals surface area contributed by atoms with Crippen LogP contribution < -0.4 is 11.1 Å². The molecule has 22 heavy (non-hydrogen) atoms. The second-order valence-electron chi connectivity index (χ2n) is 6.62. The van der Waals surface area contributed by atoms with Gasteiger partial charge in [0.15, 0.2) is 0 Å². The Hall–Kier alpha value is -1.42. The fraction of sp³-hybridized carbons (Fsp3) is 0.667. The lowest BCUT2D eigenvalue weighted by Gasteiger charge is -2.22. The second kappa shape index (κ2) is 7.23. The minimum atomic E-state index is 0.698. The minimum absolute atomic E-state index is 0.698. The average molecular weight is 300 g/mol. The molecule has 1 aliphatic carbocycles. The lowest BCUT2D eigenvalue weighted by atomic mass is 9.91. The Kier molecular flexibility index (Phi) is 5.08. The van der Waals surface area contributed by atoms with Crippen molar-refractivity contribution in [3.05, 3.63) is 23.2 Å². The van der Waals surface area contributed by atoms with Gasteiger partial charge in [0.2, 0.25) is 0 Å². The van der Waals surface area contributed by atoms with E-state index in [4.69, 9.17) is 10.7 Å². The first-order valence-electron chi connectivity index (χ1n) is 8.83. The highest BCUT2D eigenvalue weighted by Gasteiger charge is 2.21. The van der Waals surface area contributed by atoms with Crippen molar-refractivity contribution >= 4 is 11.4 Å². The SMILES string of the molecule is CCCCc1nc(N)c2c(n1)C(CCC1CCNCC1)=CC2. The Morgan fingerprint density at radius 3 is 2.82 bits per heavy atom. The highest BCUT2D eigenvalue weighted by molar-refractivity contribution is 5.73. The molecule has 0 spiro atoms. The highest BCUT2D eigenvalue weighted by atomic mass is 15.0. The number of hydrogen-bond donors (Lipinski definition) is 2. The molecule has 4 heteroatoms. The summed E-state index contributed by atoms with van der Waals surface area (Å²) in [5.74, 6) is 2.49. The largest absolute Gasteiger partial charge is 0.383 e. The first-order chi connectivity index (χ1) is 10.8. The van der Waals surface area contributed by atoms with Gasteiger partial charge >= 0.3 is 0 Å². The topological polar surface area (TPSA) is 63.8 Å². The van der Waals surface area contributed by atoms with Crippen LogP contribution in [0, 0.1) is 5.92 Å². The summed E-state index contributed by atoms with van der Waals surface area (Å²) in [5.41, 5.74) is 9.86. The number of rotatable bonds is 6. The number of nitrogens with one attached hydrogen (secondary N) is 1. The van der Waals surface area contributed by atoms with Crippen LogP contribution in [0.3, 0.4) is 0 Å². The molecule has 1 saturated heterocycles. The van der Waals surface area contributed by atoms with Gasteiger partial charge in [-0.25, -0.2) is 9.97 Å². The van der Waals surface area contributed by atoms with Gasteiger partial charge in [-0.1, -0.05) is 19.4 Å². The Labute approximate surface area is 133 Å². The van der Waals surface area contributed by atoms with Gasteiger partial charge < -0.3 is 11.1 Å². The Morgan fingerprint density at radius 1 is 1.23 bits per heavy atom. The number of unbranched alkanes of at least 4 members (excludes halogenated alkanes) is 1. The van der Waals surface area contributed by atoms with E-state index in [9.17, 15) is 0 Å². The van der Waals surface area contributed by atoms with Crippen molar-refractivity contribution in [3.8, 4) is 0 Å². The van der Waals surface area contributed by atoms with Gasteiger partial charge in [-0.3, -0.25) is 0 Å². The van der Waals surface area contributed by atoms with Gasteiger partial charge in [-0.2, -0.15) is 0 Å². The van der Waals surface area contributed by atoms with E-state index in [1.807, 2.05) is 0 Å². The van der Waals surface area contributed by atoms with Crippen LogP contribution in [-0.4, -0.2) is 23.1 Å². The lowest BCUT2D eigenvalue weighted by Crippen LogP contribution is -2.27. The number of allylic oxidation sites excluding steroid dienone is 2. The number of nitrogen functional groups attached to an aromatic ring is 1. The molecule has 0 radical (unpaired) electrons. The third-order valence-corrected chi connectivity index (χ3v) is 4.98. The number of fused-ring (bicyclic) bond motifs is 1. The second-order valence-corrected chi connectivity index (χ2v) is 6.62. The Morgan fingerprint density at radius 2 is 2.05 bits per heavy atom. The quantitative estimate of drug-likeness (QED) is 0.847. The molecule has 2 heterocycles. The van der Waals surface area contributed by atoms with Gasteiger partial charge in [-0.05, 0) is 63.1 Å². The van der Waals surface area contributed by atoms with E-state index in [-0.39, 0.29) is 0 Å². The predicted octanol–water partition coefficient (Wildman–Crippen LogP) is 3.12. The Bertz CT molecular complexity index is 544. The summed E-state index contributed by atoms with van der Waals surface area (Å²) < 4.78 is 0. The summed E-state index contributed by atoms with van der Waals surface area (Å²) in [6.07, 6.45) is 11.5. The van der Waals surface area contributed by atoms with Gasteiger partial charge in [-0.15, -0.1) is 0 Å². The zero-order chi connectivity index (χ0) is 15.4. The molecule has 1 aliphatic heterocycles. The van der Waals surface area contributed by atoms with Crippen LogP contribution in [0.5, 0.6) is 0 Å². The number of aromatic nitrogens is 2. The summed E-state index contributed by atoms with van der Waals surface area (Å²) >= 11 is 0. The molecule has 1 fully saturated rings. The molecule has 0 atom stereocenters. The normalized spacial score (nSPS) is 18.3. The molecule has 3 rings (SSSR count). The van der Waals surface area contributed by atoms with Crippen molar-refractivity contribution in [2.45, 2.75) is 58.3 Å². The summed E-state index contributed by atoms with van der Waals surface area (Å²) in [4.78, 5) is 9.32. The molecule has 0 saturated carbocycles. The van der Waals surface area contributed by atoms with E-state index in [1.165, 1.54) is 44.3 Å². The maximum absolute atomic E-state index is 6.15. The fourth-order valence-corrected chi connectivity index (χ4v) is 3.54. The van der Waals surface area contributed by atoms with Crippen LogP contribution in [0.2, 0.25) is 0 Å². The summed E-state index contributed by atoms with van der Waals surface area (Å²) in [5, 5.41) is 3.44. The number of piperidine rings is 1. The minimum Gasteiger partial charge on any atom is -0.383 e. The van der Waals surface area contributed by atoms with Crippen molar-refractivity contribution < 1.29 is 0 Å². The third kappa shape index (κ3) is 3.49. The van der Waals surface area contributed by atoms with Gasteiger partial charge in [0, 0.05) is 12.0 Å². The van der Waals surface area contributed by atoms with Crippen LogP contribution in [0.1, 0.15) is 62.5 Å². The number of hydrogen-bond acceptors (Lipinski definition) is 4. The number of anilines is 1. The average Bonchev–Trinajstić information content (AvgIpc) is 2.95. The number of nitrogens with two attached hydrogens (primary N) is 1. The first kappa shape index (κ1) is 15.5. The molecular formula is C18H28N4. The molecule has 0 bridgehead atoms. The molecule has 0 unspecified atom stereocenters. The summed E-state index contributed by atoms with van der Waals surface area (Å²) in [7, 11) is 0. The van der Waals surface area contributed by atoms with Crippen LogP contribution in [0.15, 0.2) is 6.08 Å². The number of nitrogens with zero attached hydrogens (tertiary/aromatic N) is 2. The van der Waals surface area contributed by atoms with Gasteiger partial charge in [0.05, 0.1) is 5.69 Å². The maximum Gasteiger partial charge on any atom is 0.131 e. The van der Waals surface area contributed by atoms with Gasteiger partial charge in [0.25, 0.3) is 0 Å². The summed E-state index contributed by atoms with van der Waals surface area (Å²) in [6.45, 7) is 4.55. The van der Waals surface area contributed by atoms with E-state index in [0.29, 0.717) is 5.82 Å². The monoisotopic (exact) mass is 300 g/mol. The van der Waals surface area contributed by atoms with Crippen molar-refractivity contribution in [3.63, 3.8) is 0 Å². The van der Waals surface area contributed by atoms with E-state index >= 15 is 0 Å². The zero-order valence-electron chi connectivity index (χ0n) is 13.7. The molecule has 4 nitrogen and oxygen atoms in total. The molecule has 0 aromatic carbocycles. The molecular weight excluding hydrogens is 272 g/mol. The van der Waals surface area contributed by atoms with Crippen molar-refractivity contribution in [1.82, 2.24) is 15.3 Å². The van der Waals surface area contributed by atoms with Crippen LogP contribution in [-0.2, 0) is 12.8 Å². The van der Waals surface area contributed by atoms with E-state index in [0.717, 1.165) is 48.7 Å². The maximum atomic E-state index is 6.15. The highest BCUT2D eigenvalue weighted by Crippen LogP contribution is 2.34. The molecule has 1 aromatic rings. The molecule has 3 N–H and O–H groups in total. The number of aryl methyl sites for hydroxylation is 1. The smallest absolute Gasteiger partial charge is 0.131 e. The fourth-order valence-electron chi connectivity index (χ4n) is 3.54. The first-order valence-corrected chi connectivity index (χ1v) is 8.83. The Balaban J connectivity index is 1.67. The van der Waals surface area contributed by atoms with Crippen LogP contribution >= 0.6 is 0 Å². The lowest BCUT2D eigenvalue weighted by molar-refractivity contribution is 0.357. The molecule has 120 valence electrons. The van der Waals surface area contributed by atoms with Gasteiger partial charge in [0.1, 0.15) is 11.6 Å². The van der Waals surface area contributed by atoms with E-state index < -0.39 is 0 Å². The van der Waals surface area contributed by atoms with Crippen LogP contribution in [0.25, 0.3) is 5.57 Å². The molecule has 1 aromatic heterocycles.